The topological polar surface area (TPSA) is 71.9 Å². The van der Waals surface area contributed by atoms with E-state index in [2.05, 4.69) is 37.0 Å². The maximum absolute atomic E-state index is 13.3. The van der Waals surface area contributed by atoms with Gasteiger partial charge in [-0.3, -0.25) is 4.98 Å². The lowest BCUT2D eigenvalue weighted by molar-refractivity contribution is -0.160. The molecule has 2 aliphatic rings. The van der Waals surface area contributed by atoms with Gasteiger partial charge in [-0.1, -0.05) is 49.8 Å². The third-order valence-electron chi connectivity index (χ3n) is 9.36. The highest BCUT2D eigenvalue weighted by Crippen LogP contribution is 2.46. The van der Waals surface area contributed by atoms with Crippen LogP contribution in [-0.4, -0.2) is 41.4 Å². The van der Waals surface area contributed by atoms with Gasteiger partial charge in [-0.15, -0.1) is 0 Å². The number of benzene rings is 2. The van der Waals surface area contributed by atoms with Crippen LogP contribution in [0.15, 0.2) is 60.2 Å². The minimum atomic E-state index is -1.16. The molecule has 1 aromatic heterocycles. The van der Waals surface area contributed by atoms with Crippen LogP contribution >= 0.6 is 0 Å². The smallest absolute Gasteiger partial charge is 0.337 e. The largest absolute Gasteiger partial charge is 0.493 e. The Morgan fingerprint density at radius 3 is 2.32 bits per heavy atom. The third kappa shape index (κ3) is 9.01. The van der Waals surface area contributed by atoms with Crippen molar-refractivity contribution in [2.45, 2.75) is 105 Å². The summed E-state index contributed by atoms with van der Waals surface area (Å²) in [5.74, 6) is -0.513. The van der Waals surface area contributed by atoms with Gasteiger partial charge in [0.2, 0.25) is 0 Å². The molecule has 0 spiro atoms. The number of aliphatic carboxylic acids is 1. The van der Waals surface area contributed by atoms with E-state index in [4.69, 9.17) is 14.5 Å². The standard InChI is InChI=1S/C40H51FN2O4/c1-27-34(37(38(44)45)47-39(2,3)4)36(43-23-21-40(5,6)22-24-43)35(33(42-27)26-29-10-8-7-9-11-29)30-14-18-32(19-15-30)46-25-20-28-12-16-31(41)17-13-28/h10,12-19,37H,7-9,11,20-26H2,1-6H3,(H,44,45). The van der Waals surface area contributed by atoms with Gasteiger partial charge in [0, 0.05) is 42.8 Å². The first-order valence-electron chi connectivity index (χ1n) is 17.1. The highest BCUT2D eigenvalue weighted by molar-refractivity contribution is 5.88. The number of pyridine rings is 1. The highest BCUT2D eigenvalue weighted by Gasteiger charge is 2.37. The van der Waals surface area contributed by atoms with E-state index in [-0.39, 0.29) is 11.2 Å². The third-order valence-corrected chi connectivity index (χ3v) is 9.36. The number of aromatic nitrogens is 1. The average Bonchev–Trinajstić information content (AvgIpc) is 3.01. The van der Waals surface area contributed by atoms with Crippen LogP contribution in [0.5, 0.6) is 5.75 Å². The maximum atomic E-state index is 13.3. The van der Waals surface area contributed by atoms with E-state index >= 15 is 0 Å². The molecule has 1 fully saturated rings. The lowest BCUT2D eigenvalue weighted by atomic mass is 9.81. The van der Waals surface area contributed by atoms with Crippen LogP contribution in [0.1, 0.15) is 102 Å². The van der Waals surface area contributed by atoms with Crippen LogP contribution in [0.2, 0.25) is 0 Å². The summed E-state index contributed by atoms with van der Waals surface area (Å²) in [7, 11) is 0. The Bertz CT molecular complexity index is 1560. The van der Waals surface area contributed by atoms with Crippen molar-refractivity contribution >= 4 is 11.7 Å². The summed E-state index contributed by atoms with van der Waals surface area (Å²) in [6.07, 6.45) is 9.15. The van der Waals surface area contributed by atoms with E-state index < -0.39 is 17.7 Å². The molecule has 0 amide bonds. The van der Waals surface area contributed by atoms with Crippen molar-refractivity contribution in [3.8, 4) is 16.9 Å². The molecule has 7 heteroatoms. The highest BCUT2D eigenvalue weighted by atomic mass is 19.1. The van der Waals surface area contributed by atoms with E-state index in [1.807, 2.05) is 39.8 Å². The fourth-order valence-corrected chi connectivity index (χ4v) is 6.69. The monoisotopic (exact) mass is 642 g/mol. The predicted molar refractivity (Wildman–Crippen MR) is 187 cm³/mol. The van der Waals surface area contributed by atoms with Gasteiger partial charge in [0.1, 0.15) is 11.6 Å². The minimum Gasteiger partial charge on any atom is -0.493 e. The molecule has 0 radical (unpaired) electrons. The van der Waals surface area contributed by atoms with Crippen molar-refractivity contribution < 1.29 is 23.8 Å². The van der Waals surface area contributed by atoms with Gasteiger partial charge in [-0.25, -0.2) is 9.18 Å². The van der Waals surface area contributed by atoms with E-state index in [0.717, 1.165) is 79.0 Å². The number of hydrogen-bond acceptors (Lipinski definition) is 5. The summed E-state index contributed by atoms with van der Waals surface area (Å²) in [5, 5.41) is 10.6. The lowest BCUT2D eigenvalue weighted by Gasteiger charge is -2.41. The van der Waals surface area contributed by atoms with Gasteiger partial charge in [-0.05, 0) is 107 Å². The Labute approximate surface area is 280 Å². The Kier molecular flexibility index (Phi) is 10.7. The molecule has 0 bridgehead atoms. The summed E-state index contributed by atoms with van der Waals surface area (Å²) in [4.78, 5) is 20.6. The van der Waals surface area contributed by atoms with Crippen molar-refractivity contribution in [2.24, 2.45) is 5.41 Å². The molecule has 6 nitrogen and oxygen atoms in total. The van der Waals surface area contributed by atoms with E-state index in [1.54, 1.807) is 12.1 Å². The number of carboxylic acid groups (broad SMARTS) is 1. The van der Waals surface area contributed by atoms with Crippen LogP contribution in [-0.2, 0) is 22.4 Å². The van der Waals surface area contributed by atoms with E-state index in [0.29, 0.717) is 24.3 Å². The molecule has 5 rings (SSSR count). The molecule has 2 heterocycles. The van der Waals surface area contributed by atoms with Gasteiger partial charge in [0.25, 0.3) is 0 Å². The van der Waals surface area contributed by atoms with Crippen molar-refractivity contribution in [3.05, 3.63) is 88.5 Å². The molecule has 2 aromatic carbocycles. The molecule has 1 saturated heterocycles. The second-order valence-electron chi connectivity index (χ2n) is 14.9. The SMILES string of the molecule is Cc1nc(CC2=CCCCC2)c(-c2ccc(OCCc3ccc(F)cc3)cc2)c(N2CCC(C)(C)CC2)c1C(OC(C)(C)C)C(=O)O. The summed E-state index contributed by atoms with van der Waals surface area (Å²) < 4.78 is 25.7. The summed E-state index contributed by atoms with van der Waals surface area (Å²) in [6.45, 7) is 14.4. The molecule has 1 unspecified atom stereocenters. The molecule has 47 heavy (non-hydrogen) atoms. The van der Waals surface area contributed by atoms with Crippen LogP contribution < -0.4 is 9.64 Å². The van der Waals surface area contributed by atoms with Crippen molar-refractivity contribution in [1.82, 2.24) is 4.98 Å². The van der Waals surface area contributed by atoms with Gasteiger partial charge in [0.15, 0.2) is 6.10 Å². The summed E-state index contributed by atoms with van der Waals surface area (Å²) >= 11 is 0. The quantitative estimate of drug-likeness (QED) is 0.210. The number of rotatable bonds is 11. The number of anilines is 1. The number of allylic oxidation sites excluding steroid dienone is 2. The summed E-state index contributed by atoms with van der Waals surface area (Å²) in [6, 6.07) is 14.6. The zero-order valence-corrected chi connectivity index (χ0v) is 29.0. The Hall–Kier alpha value is -3.71. The second-order valence-corrected chi connectivity index (χ2v) is 14.9. The second kappa shape index (κ2) is 14.6. The normalized spacial score (nSPS) is 17.3. The predicted octanol–water partition coefficient (Wildman–Crippen LogP) is 9.43. The van der Waals surface area contributed by atoms with E-state index in [9.17, 15) is 14.3 Å². The Morgan fingerprint density at radius 2 is 1.72 bits per heavy atom. The van der Waals surface area contributed by atoms with Gasteiger partial charge in [-0.2, -0.15) is 0 Å². The number of halogens is 1. The van der Waals surface area contributed by atoms with Crippen LogP contribution in [0.3, 0.4) is 0 Å². The van der Waals surface area contributed by atoms with Gasteiger partial charge >= 0.3 is 5.97 Å². The average molecular weight is 643 g/mol. The molecule has 0 saturated carbocycles. The molecule has 1 atom stereocenters. The fraction of sp³-hybridized carbons (Fsp3) is 0.500. The Morgan fingerprint density at radius 1 is 1.04 bits per heavy atom. The van der Waals surface area contributed by atoms with Crippen LogP contribution in [0, 0.1) is 18.2 Å². The number of piperidine rings is 1. The fourth-order valence-electron chi connectivity index (χ4n) is 6.69. The minimum absolute atomic E-state index is 0.218. The lowest BCUT2D eigenvalue weighted by Crippen LogP contribution is -2.39. The molecule has 1 aliphatic heterocycles. The van der Waals surface area contributed by atoms with Crippen LogP contribution in [0.25, 0.3) is 11.1 Å². The Balaban J connectivity index is 1.60. The maximum Gasteiger partial charge on any atom is 0.337 e. The molecule has 1 N–H and O–H groups in total. The van der Waals surface area contributed by atoms with Crippen molar-refractivity contribution in [1.29, 1.82) is 0 Å². The van der Waals surface area contributed by atoms with Gasteiger partial charge < -0.3 is 19.5 Å². The number of hydrogen-bond donors (Lipinski definition) is 1. The van der Waals surface area contributed by atoms with Crippen LogP contribution in [0.4, 0.5) is 10.1 Å². The number of aryl methyl sites for hydroxylation is 1. The van der Waals surface area contributed by atoms with Gasteiger partial charge in [0.05, 0.1) is 23.6 Å². The number of ether oxygens (including phenoxy) is 2. The first kappa shape index (κ1) is 34.6. The van der Waals surface area contributed by atoms with Crippen molar-refractivity contribution in [3.63, 3.8) is 0 Å². The first-order valence-corrected chi connectivity index (χ1v) is 17.1. The van der Waals surface area contributed by atoms with E-state index in [1.165, 1.54) is 30.5 Å². The number of carbonyl (C=O) groups is 1. The summed E-state index contributed by atoms with van der Waals surface area (Å²) in [5.41, 5.74) is 7.18. The van der Waals surface area contributed by atoms with Crippen molar-refractivity contribution in [2.75, 3.05) is 24.6 Å². The molecule has 1 aliphatic carbocycles. The zero-order valence-electron chi connectivity index (χ0n) is 29.0. The molecule has 3 aromatic rings. The molecule has 252 valence electrons. The molecular formula is C40H51FN2O4. The number of carboxylic acids is 1. The number of nitrogens with zero attached hydrogens (tertiary/aromatic N) is 2. The zero-order chi connectivity index (χ0) is 33.8. The molecular weight excluding hydrogens is 591 g/mol. The first-order chi connectivity index (χ1) is 22.3.